The SMILES string of the molecule is C=CCC(CCl)C1CCOCC1. The van der Waals surface area contributed by atoms with Gasteiger partial charge in [0.15, 0.2) is 0 Å². The average molecular weight is 189 g/mol. The van der Waals surface area contributed by atoms with Crippen molar-refractivity contribution in [2.45, 2.75) is 19.3 Å². The van der Waals surface area contributed by atoms with E-state index in [0.717, 1.165) is 31.4 Å². The molecule has 1 rings (SSSR count). The van der Waals surface area contributed by atoms with Gasteiger partial charge in [-0.1, -0.05) is 6.08 Å². The Bertz CT molecular complexity index is 130. The van der Waals surface area contributed by atoms with Crippen molar-refractivity contribution in [1.82, 2.24) is 0 Å². The van der Waals surface area contributed by atoms with E-state index in [2.05, 4.69) is 6.58 Å². The molecule has 0 N–H and O–H groups in total. The first-order chi connectivity index (χ1) is 5.88. The Labute approximate surface area is 79.7 Å². The van der Waals surface area contributed by atoms with Crippen LogP contribution < -0.4 is 0 Å². The van der Waals surface area contributed by atoms with Gasteiger partial charge in [-0.25, -0.2) is 0 Å². The van der Waals surface area contributed by atoms with Crippen LogP contribution in [0.4, 0.5) is 0 Å². The molecule has 12 heavy (non-hydrogen) atoms. The van der Waals surface area contributed by atoms with Crippen LogP contribution in [0.3, 0.4) is 0 Å². The fourth-order valence-electron chi connectivity index (χ4n) is 1.78. The van der Waals surface area contributed by atoms with Gasteiger partial charge in [0, 0.05) is 19.1 Å². The number of ether oxygens (including phenoxy) is 1. The monoisotopic (exact) mass is 188 g/mol. The Hall–Kier alpha value is -0.0100. The van der Waals surface area contributed by atoms with Gasteiger partial charge in [-0.15, -0.1) is 18.2 Å². The van der Waals surface area contributed by atoms with Gasteiger partial charge in [0.2, 0.25) is 0 Å². The Balaban J connectivity index is 2.34. The topological polar surface area (TPSA) is 9.23 Å². The van der Waals surface area contributed by atoms with Crippen LogP contribution in [0.15, 0.2) is 12.7 Å². The second-order valence-electron chi connectivity index (χ2n) is 3.39. The maximum absolute atomic E-state index is 5.89. The molecule has 0 radical (unpaired) electrons. The van der Waals surface area contributed by atoms with Crippen LogP contribution in [0, 0.1) is 11.8 Å². The molecular weight excluding hydrogens is 172 g/mol. The Kier molecular flexibility index (Phi) is 4.70. The number of allylic oxidation sites excluding steroid dienone is 1. The molecule has 1 atom stereocenters. The first-order valence-corrected chi connectivity index (χ1v) is 5.16. The maximum atomic E-state index is 5.89. The Morgan fingerprint density at radius 1 is 1.50 bits per heavy atom. The Morgan fingerprint density at radius 2 is 2.17 bits per heavy atom. The summed E-state index contributed by atoms with van der Waals surface area (Å²) >= 11 is 5.89. The molecule has 2 heteroatoms. The summed E-state index contributed by atoms with van der Waals surface area (Å²) in [5.74, 6) is 2.14. The minimum atomic E-state index is 0.619. The number of hydrogen-bond donors (Lipinski definition) is 0. The zero-order chi connectivity index (χ0) is 8.81. The van der Waals surface area contributed by atoms with Gasteiger partial charge in [-0.3, -0.25) is 0 Å². The smallest absolute Gasteiger partial charge is 0.0468 e. The molecule has 0 aromatic rings. The summed E-state index contributed by atoms with van der Waals surface area (Å²) in [6, 6.07) is 0. The van der Waals surface area contributed by atoms with E-state index >= 15 is 0 Å². The van der Waals surface area contributed by atoms with Crippen molar-refractivity contribution >= 4 is 11.6 Å². The zero-order valence-electron chi connectivity index (χ0n) is 7.47. The van der Waals surface area contributed by atoms with Crippen LogP contribution in [0.25, 0.3) is 0 Å². The fourth-order valence-corrected chi connectivity index (χ4v) is 2.16. The van der Waals surface area contributed by atoms with E-state index in [4.69, 9.17) is 16.3 Å². The molecule has 0 aromatic heterocycles. The minimum Gasteiger partial charge on any atom is -0.381 e. The van der Waals surface area contributed by atoms with Gasteiger partial charge < -0.3 is 4.74 Å². The molecule has 0 saturated carbocycles. The van der Waals surface area contributed by atoms with Gasteiger partial charge in [0.05, 0.1) is 0 Å². The van der Waals surface area contributed by atoms with Crippen LogP contribution in [-0.4, -0.2) is 19.1 Å². The van der Waals surface area contributed by atoms with E-state index in [0.29, 0.717) is 5.92 Å². The predicted molar refractivity (Wildman–Crippen MR) is 52.6 cm³/mol. The number of halogens is 1. The molecule has 1 aliphatic heterocycles. The predicted octanol–water partition coefficient (Wildman–Crippen LogP) is 2.84. The highest BCUT2D eigenvalue weighted by atomic mass is 35.5. The molecule has 0 aliphatic carbocycles. The molecule has 1 aliphatic rings. The standard InChI is InChI=1S/C10H17ClO/c1-2-3-10(8-11)9-4-6-12-7-5-9/h2,9-10H,1,3-8H2. The van der Waals surface area contributed by atoms with E-state index < -0.39 is 0 Å². The Morgan fingerprint density at radius 3 is 2.67 bits per heavy atom. The van der Waals surface area contributed by atoms with Gasteiger partial charge in [0.25, 0.3) is 0 Å². The largest absolute Gasteiger partial charge is 0.381 e. The molecule has 1 saturated heterocycles. The lowest BCUT2D eigenvalue weighted by Crippen LogP contribution is -2.24. The van der Waals surface area contributed by atoms with Crippen LogP contribution in [-0.2, 0) is 4.74 Å². The molecule has 1 fully saturated rings. The van der Waals surface area contributed by atoms with E-state index in [9.17, 15) is 0 Å². The van der Waals surface area contributed by atoms with Crippen molar-refractivity contribution in [2.24, 2.45) is 11.8 Å². The van der Waals surface area contributed by atoms with Gasteiger partial charge in [-0.05, 0) is 31.1 Å². The lowest BCUT2D eigenvalue weighted by Gasteiger charge is -2.28. The lowest BCUT2D eigenvalue weighted by molar-refractivity contribution is 0.0505. The third kappa shape index (κ3) is 2.80. The average Bonchev–Trinajstić information content (AvgIpc) is 2.15. The van der Waals surface area contributed by atoms with Gasteiger partial charge in [0.1, 0.15) is 0 Å². The summed E-state index contributed by atoms with van der Waals surface area (Å²) < 4.78 is 5.30. The van der Waals surface area contributed by atoms with E-state index in [1.54, 1.807) is 0 Å². The first-order valence-electron chi connectivity index (χ1n) is 4.63. The summed E-state index contributed by atoms with van der Waals surface area (Å²) in [5, 5.41) is 0. The van der Waals surface area contributed by atoms with Crippen LogP contribution in [0.1, 0.15) is 19.3 Å². The number of hydrogen-bond acceptors (Lipinski definition) is 1. The van der Waals surface area contributed by atoms with Crippen molar-refractivity contribution in [3.63, 3.8) is 0 Å². The molecule has 1 nitrogen and oxygen atoms in total. The maximum Gasteiger partial charge on any atom is 0.0468 e. The van der Waals surface area contributed by atoms with E-state index in [1.807, 2.05) is 6.08 Å². The molecule has 70 valence electrons. The zero-order valence-corrected chi connectivity index (χ0v) is 8.22. The third-order valence-electron chi connectivity index (χ3n) is 2.60. The minimum absolute atomic E-state index is 0.619. The summed E-state index contributed by atoms with van der Waals surface area (Å²) in [7, 11) is 0. The van der Waals surface area contributed by atoms with Crippen molar-refractivity contribution in [3.05, 3.63) is 12.7 Å². The van der Waals surface area contributed by atoms with Gasteiger partial charge >= 0.3 is 0 Å². The van der Waals surface area contributed by atoms with Crippen LogP contribution in [0.2, 0.25) is 0 Å². The molecule has 0 spiro atoms. The molecule has 0 bridgehead atoms. The van der Waals surface area contributed by atoms with Crippen LogP contribution in [0.5, 0.6) is 0 Å². The molecule has 0 aromatic carbocycles. The lowest BCUT2D eigenvalue weighted by atomic mass is 9.85. The van der Waals surface area contributed by atoms with E-state index in [1.165, 1.54) is 12.8 Å². The second kappa shape index (κ2) is 5.60. The highest BCUT2D eigenvalue weighted by Gasteiger charge is 2.21. The number of alkyl halides is 1. The molecular formula is C10H17ClO. The van der Waals surface area contributed by atoms with E-state index in [-0.39, 0.29) is 0 Å². The first kappa shape index (κ1) is 10.1. The molecule has 0 amide bonds. The summed E-state index contributed by atoms with van der Waals surface area (Å²) in [6.07, 6.45) is 5.37. The van der Waals surface area contributed by atoms with Crippen molar-refractivity contribution < 1.29 is 4.74 Å². The summed E-state index contributed by atoms with van der Waals surface area (Å²) in [5.41, 5.74) is 0. The molecule has 1 heterocycles. The van der Waals surface area contributed by atoms with Crippen molar-refractivity contribution in [3.8, 4) is 0 Å². The van der Waals surface area contributed by atoms with Crippen molar-refractivity contribution in [1.29, 1.82) is 0 Å². The normalized spacial score (nSPS) is 22.1. The highest BCUT2D eigenvalue weighted by molar-refractivity contribution is 6.18. The van der Waals surface area contributed by atoms with Crippen molar-refractivity contribution in [2.75, 3.05) is 19.1 Å². The van der Waals surface area contributed by atoms with Gasteiger partial charge in [-0.2, -0.15) is 0 Å². The fraction of sp³-hybridized carbons (Fsp3) is 0.800. The summed E-state index contributed by atoms with van der Waals surface area (Å²) in [6.45, 7) is 5.58. The quantitative estimate of drug-likeness (QED) is 0.487. The molecule has 1 unspecified atom stereocenters. The summed E-state index contributed by atoms with van der Waals surface area (Å²) in [4.78, 5) is 0. The third-order valence-corrected chi connectivity index (χ3v) is 3.00. The highest BCUT2D eigenvalue weighted by Crippen LogP contribution is 2.27. The second-order valence-corrected chi connectivity index (χ2v) is 3.70. The number of rotatable bonds is 4. The van der Waals surface area contributed by atoms with Crippen LogP contribution >= 0.6 is 11.6 Å².